The number of fused-ring (bicyclic) bond motifs is 1. The molecule has 7 nitrogen and oxygen atoms in total. The molecule has 2 heterocycles. The SMILES string of the molecule is COc1cccc(N2C[C@@H](c3nc4ccccc4n3C[C@@H](O)COc3ccc(C)c(C)c3)CC2=O)c1. The lowest BCUT2D eigenvalue weighted by molar-refractivity contribution is -0.117. The van der Waals surface area contributed by atoms with Gasteiger partial charge in [-0.3, -0.25) is 4.79 Å². The average Bonchev–Trinajstić information content (AvgIpc) is 3.45. The van der Waals surface area contributed by atoms with Gasteiger partial charge >= 0.3 is 0 Å². The van der Waals surface area contributed by atoms with Gasteiger partial charge in [0.05, 0.1) is 24.7 Å². The number of aromatic nitrogens is 2. The predicted octanol–water partition coefficient (Wildman–Crippen LogP) is 4.62. The fourth-order valence-corrected chi connectivity index (χ4v) is 4.77. The number of nitrogens with zero attached hydrogens (tertiary/aromatic N) is 3. The summed E-state index contributed by atoms with van der Waals surface area (Å²) in [7, 11) is 1.62. The Morgan fingerprint density at radius 1 is 1.03 bits per heavy atom. The Morgan fingerprint density at radius 2 is 1.86 bits per heavy atom. The second-order valence-corrected chi connectivity index (χ2v) is 9.39. The molecule has 0 unspecified atom stereocenters. The topological polar surface area (TPSA) is 76.8 Å². The third kappa shape index (κ3) is 4.79. The van der Waals surface area contributed by atoms with Gasteiger partial charge in [-0.15, -0.1) is 0 Å². The fourth-order valence-electron chi connectivity index (χ4n) is 4.77. The summed E-state index contributed by atoms with van der Waals surface area (Å²) in [6.07, 6.45) is -0.384. The van der Waals surface area contributed by atoms with Crippen LogP contribution in [-0.2, 0) is 11.3 Å². The number of benzene rings is 3. The summed E-state index contributed by atoms with van der Waals surface area (Å²) in [4.78, 5) is 19.7. The van der Waals surface area contributed by atoms with Crippen molar-refractivity contribution < 1.29 is 19.4 Å². The minimum absolute atomic E-state index is 0.0467. The number of aliphatic hydroxyl groups excluding tert-OH is 1. The minimum Gasteiger partial charge on any atom is -0.497 e. The monoisotopic (exact) mass is 485 g/mol. The second-order valence-electron chi connectivity index (χ2n) is 9.39. The Morgan fingerprint density at radius 3 is 2.67 bits per heavy atom. The van der Waals surface area contributed by atoms with Crippen LogP contribution >= 0.6 is 0 Å². The van der Waals surface area contributed by atoms with Gasteiger partial charge in [0.15, 0.2) is 0 Å². The maximum Gasteiger partial charge on any atom is 0.227 e. The molecule has 0 saturated carbocycles. The molecule has 1 aliphatic heterocycles. The molecule has 1 amide bonds. The van der Waals surface area contributed by atoms with Gasteiger partial charge in [-0.25, -0.2) is 4.98 Å². The van der Waals surface area contributed by atoms with Crippen molar-refractivity contribution in [2.75, 3.05) is 25.2 Å². The van der Waals surface area contributed by atoms with E-state index in [0.29, 0.717) is 25.3 Å². The van der Waals surface area contributed by atoms with Crippen molar-refractivity contribution in [2.24, 2.45) is 0 Å². The number of carbonyl (C=O) groups is 1. The number of hydrogen-bond donors (Lipinski definition) is 1. The number of imidazole rings is 1. The van der Waals surface area contributed by atoms with Crippen molar-refractivity contribution in [1.29, 1.82) is 0 Å². The third-order valence-electron chi connectivity index (χ3n) is 6.85. The van der Waals surface area contributed by atoms with Gasteiger partial charge in [-0.2, -0.15) is 0 Å². The first-order chi connectivity index (χ1) is 17.4. The van der Waals surface area contributed by atoms with Crippen LogP contribution in [-0.4, -0.2) is 46.9 Å². The van der Waals surface area contributed by atoms with Crippen LogP contribution in [0.1, 0.15) is 29.3 Å². The molecule has 1 aliphatic rings. The third-order valence-corrected chi connectivity index (χ3v) is 6.85. The molecule has 0 spiro atoms. The first-order valence-electron chi connectivity index (χ1n) is 12.2. The van der Waals surface area contributed by atoms with Gasteiger partial charge < -0.3 is 24.0 Å². The minimum atomic E-state index is -0.741. The van der Waals surface area contributed by atoms with Gasteiger partial charge in [0.1, 0.15) is 30.0 Å². The Balaban J connectivity index is 1.37. The zero-order valence-electron chi connectivity index (χ0n) is 20.8. The number of amides is 1. The summed E-state index contributed by atoms with van der Waals surface area (Å²) >= 11 is 0. The van der Waals surface area contributed by atoms with Crippen LogP contribution in [0.5, 0.6) is 11.5 Å². The number of aryl methyl sites for hydroxylation is 2. The number of ether oxygens (including phenoxy) is 2. The molecule has 2 atom stereocenters. The molecule has 7 heteroatoms. The lowest BCUT2D eigenvalue weighted by Gasteiger charge is -2.19. The molecular weight excluding hydrogens is 454 g/mol. The maximum absolute atomic E-state index is 13.0. The van der Waals surface area contributed by atoms with Crippen molar-refractivity contribution in [3.05, 3.63) is 83.7 Å². The van der Waals surface area contributed by atoms with E-state index in [1.807, 2.05) is 78.2 Å². The molecule has 1 saturated heterocycles. The van der Waals surface area contributed by atoms with Gasteiger partial charge in [0.25, 0.3) is 0 Å². The summed E-state index contributed by atoms with van der Waals surface area (Å²) in [5, 5.41) is 10.9. The average molecular weight is 486 g/mol. The summed E-state index contributed by atoms with van der Waals surface area (Å²) < 4.78 is 13.3. The molecule has 3 aromatic carbocycles. The first-order valence-corrected chi connectivity index (χ1v) is 12.2. The second kappa shape index (κ2) is 10.0. The smallest absolute Gasteiger partial charge is 0.227 e. The first kappa shape index (κ1) is 23.9. The highest BCUT2D eigenvalue weighted by molar-refractivity contribution is 5.96. The lowest BCUT2D eigenvalue weighted by Crippen LogP contribution is -2.26. The van der Waals surface area contributed by atoms with E-state index in [4.69, 9.17) is 14.5 Å². The Bertz CT molecular complexity index is 1400. The molecule has 0 aliphatic carbocycles. The van der Waals surface area contributed by atoms with Crippen LogP contribution in [0.4, 0.5) is 5.69 Å². The maximum atomic E-state index is 13.0. The lowest BCUT2D eigenvalue weighted by atomic mass is 10.1. The van der Waals surface area contributed by atoms with Crippen LogP contribution in [0.15, 0.2) is 66.7 Å². The van der Waals surface area contributed by atoms with Gasteiger partial charge in [-0.05, 0) is 61.4 Å². The van der Waals surface area contributed by atoms with E-state index in [2.05, 4.69) is 6.92 Å². The van der Waals surface area contributed by atoms with E-state index in [1.165, 1.54) is 5.56 Å². The Hall–Kier alpha value is -3.84. The predicted molar refractivity (Wildman–Crippen MR) is 140 cm³/mol. The molecule has 1 fully saturated rings. The van der Waals surface area contributed by atoms with Crippen LogP contribution < -0.4 is 14.4 Å². The van der Waals surface area contributed by atoms with E-state index in [-0.39, 0.29) is 18.4 Å². The van der Waals surface area contributed by atoms with Crippen molar-refractivity contribution in [2.45, 2.75) is 38.8 Å². The van der Waals surface area contributed by atoms with Crippen LogP contribution in [0.3, 0.4) is 0 Å². The highest BCUT2D eigenvalue weighted by Gasteiger charge is 2.35. The van der Waals surface area contributed by atoms with Crippen molar-refractivity contribution in [3.63, 3.8) is 0 Å². The molecule has 1 N–H and O–H groups in total. The van der Waals surface area contributed by atoms with E-state index < -0.39 is 6.10 Å². The van der Waals surface area contributed by atoms with Gasteiger partial charge in [-0.1, -0.05) is 24.3 Å². The van der Waals surface area contributed by atoms with Crippen molar-refractivity contribution >= 4 is 22.6 Å². The summed E-state index contributed by atoms with van der Waals surface area (Å²) in [6.45, 7) is 5.10. The number of rotatable bonds is 8. The normalized spacial score (nSPS) is 16.5. The number of hydrogen-bond acceptors (Lipinski definition) is 5. The molecule has 36 heavy (non-hydrogen) atoms. The summed E-state index contributed by atoms with van der Waals surface area (Å²) in [6, 6.07) is 21.3. The summed E-state index contributed by atoms with van der Waals surface area (Å²) in [5.74, 6) is 2.21. The van der Waals surface area contributed by atoms with Gasteiger partial charge in [0.2, 0.25) is 5.91 Å². The molecule has 4 aromatic rings. The van der Waals surface area contributed by atoms with E-state index in [9.17, 15) is 9.90 Å². The van der Waals surface area contributed by atoms with Crippen LogP contribution in [0.25, 0.3) is 11.0 Å². The molecular formula is C29H31N3O4. The Kier molecular flexibility index (Phi) is 6.65. The zero-order valence-corrected chi connectivity index (χ0v) is 20.8. The van der Waals surface area contributed by atoms with Crippen LogP contribution in [0.2, 0.25) is 0 Å². The fraction of sp³-hybridized carbons (Fsp3) is 0.310. The van der Waals surface area contributed by atoms with E-state index in [0.717, 1.165) is 33.9 Å². The highest BCUT2D eigenvalue weighted by Crippen LogP contribution is 2.34. The standard InChI is InChI=1S/C29H31N3O4/c1-19-11-12-25(13-20(19)2)36-18-23(33)17-32-27-10-5-4-9-26(27)30-29(32)21-14-28(34)31(16-21)22-7-6-8-24(15-22)35-3/h4-13,15,21,23,33H,14,16-18H2,1-3H3/t21-,23+/m0/s1. The number of aliphatic hydroxyl groups is 1. The van der Waals surface area contributed by atoms with Crippen molar-refractivity contribution in [1.82, 2.24) is 9.55 Å². The van der Waals surface area contributed by atoms with E-state index >= 15 is 0 Å². The largest absolute Gasteiger partial charge is 0.497 e. The van der Waals surface area contributed by atoms with Crippen LogP contribution in [0, 0.1) is 13.8 Å². The number of anilines is 1. The molecule has 0 radical (unpaired) electrons. The van der Waals surface area contributed by atoms with E-state index in [1.54, 1.807) is 12.0 Å². The van der Waals surface area contributed by atoms with Crippen molar-refractivity contribution in [3.8, 4) is 11.5 Å². The van der Waals surface area contributed by atoms with Gasteiger partial charge in [0, 0.05) is 30.6 Å². The molecule has 5 rings (SSSR count). The number of para-hydroxylation sites is 2. The Labute approximate surface area is 210 Å². The quantitative estimate of drug-likeness (QED) is 0.394. The number of carbonyl (C=O) groups excluding carboxylic acids is 1. The molecule has 0 bridgehead atoms. The summed E-state index contributed by atoms with van der Waals surface area (Å²) in [5.41, 5.74) is 4.95. The molecule has 186 valence electrons. The molecule has 1 aromatic heterocycles. The zero-order chi connectivity index (χ0) is 25.2. The highest BCUT2D eigenvalue weighted by atomic mass is 16.5. The number of methoxy groups -OCH3 is 1.